The molecule has 4 N–H and O–H groups in total. The van der Waals surface area contributed by atoms with E-state index >= 15 is 0 Å². The molecule has 0 spiro atoms. The molecule has 174 valence electrons. The molecule has 1 aromatic carbocycles. The van der Waals surface area contributed by atoms with Crippen molar-refractivity contribution in [2.45, 2.75) is 25.3 Å². The molecular weight excluding hydrogens is 455 g/mol. The molecule has 0 aliphatic heterocycles. The van der Waals surface area contributed by atoms with E-state index < -0.39 is 28.6 Å². The van der Waals surface area contributed by atoms with Crippen LogP contribution in [0.5, 0.6) is 0 Å². The average molecular weight is 477 g/mol. The molecule has 2 aliphatic carbocycles. The molecule has 2 saturated carbocycles. The van der Waals surface area contributed by atoms with Crippen molar-refractivity contribution in [3.63, 3.8) is 0 Å². The summed E-state index contributed by atoms with van der Waals surface area (Å²) in [6.45, 7) is 0.367. The third kappa shape index (κ3) is 4.87. The summed E-state index contributed by atoms with van der Waals surface area (Å²) in [4.78, 5) is 42.4. The Labute approximate surface area is 193 Å². The highest BCUT2D eigenvalue weighted by atomic mass is 35.5. The van der Waals surface area contributed by atoms with E-state index in [0.29, 0.717) is 18.5 Å². The molecule has 4 rings (SSSR count). The number of hydrogen-bond donors (Lipinski definition) is 3. The van der Waals surface area contributed by atoms with Gasteiger partial charge in [0.2, 0.25) is 17.1 Å². The number of carbonyl (C=O) groups excluding carboxylic acids is 2. The summed E-state index contributed by atoms with van der Waals surface area (Å²) >= 11 is 5.78. The number of halogens is 2. The largest absolute Gasteiger partial charge is 0.369 e. The standard InChI is InChI=1S/C21H22ClFN6O4/c22-21-26-9-15(23)20(28-21)27-18-14-7-11(17(18)19(24)31)6-12(14)8-25-16(30)5-10-2-1-3-13(4-10)29(32)33/h1-4,9,11-12,14,17-18H,5-8H2,(H2,24,31)(H,25,30)(H,26,27,28)/t11-,12?,14-,17+,18-/m1/s1. The molecule has 33 heavy (non-hydrogen) atoms. The molecule has 2 aliphatic rings. The van der Waals surface area contributed by atoms with Gasteiger partial charge in [0.25, 0.3) is 5.69 Å². The number of nitrogens with zero attached hydrogens (tertiary/aromatic N) is 3. The summed E-state index contributed by atoms with van der Waals surface area (Å²) in [6, 6.07) is 5.49. The van der Waals surface area contributed by atoms with E-state index in [-0.39, 0.29) is 46.9 Å². The number of amides is 2. The lowest BCUT2D eigenvalue weighted by atomic mass is 9.77. The van der Waals surface area contributed by atoms with Gasteiger partial charge in [-0.2, -0.15) is 4.98 Å². The van der Waals surface area contributed by atoms with Crippen LogP contribution in [-0.2, 0) is 16.0 Å². The van der Waals surface area contributed by atoms with E-state index in [1.165, 1.54) is 18.2 Å². The number of nitro benzene ring substituents is 1. The van der Waals surface area contributed by atoms with E-state index in [1.54, 1.807) is 6.07 Å². The van der Waals surface area contributed by atoms with Crippen LogP contribution in [-0.4, -0.2) is 39.3 Å². The molecule has 1 aromatic heterocycles. The van der Waals surface area contributed by atoms with E-state index in [9.17, 15) is 24.1 Å². The summed E-state index contributed by atoms with van der Waals surface area (Å²) in [5, 5.41) is 16.7. The van der Waals surface area contributed by atoms with E-state index in [1.807, 2.05) is 0 Å². The zero-order chi connectivity index (χ0) is 23.7. The molecule has 2 amide bonds. The molecule has 2 fully saturated rings. The zero-order valence-electron chi connectivity index (χ0n) is 17.4. The lowest BCUT2D eigenvalue weighted by Gasteiger charge is -2.35. The number of non-ortho nitro benzene ring substituents is 1. The Morgan fingerprint density at radius 1 is 1.33 bits per heavy atom. The molecule has 10 nitrogen and oxygen atoms in total. The smallest absolute Gasteiger partial charge is 0.269 e. The second kappa shape index (κ2) is 9.26. The zero-order valence-corrected chi connectivity index (χ0v) is 18.2. The third-order valence-corrected chi connectivity index (χ3v) is 6.72. The highest BCUT2D eigenvalue weighted by Gasteiger charge is 2.54. The fourth-order valence-corrected chi connectivity index (χ4v) is 5.35. The molecule has 1 unspecified atom stereocenters. The van der Waals surface area contributed by atoms with Gasteiger partial charge in [-0.25, -0.2) is 9.37 Å². The monoisotopic (exact) mass is 476 g/mol. The summed E-state index contributed by atoms with van der Waals surface area (Å²) < 4.78 is 14.2. The van der Waals surface area contributed by atoms with Crippen LogP contribution in [0, 0.1) is 39.6 Å². The summed E-state index contributed by atoms with van der Waals surface area (Å²) in [5.41, 5.74) is 6.10. The van der Waals surface area contributed by atoms with Gasteiger partial charge in [0.15, 0.2) is 11.6 Å². The number of carbonyl (C=O) groups is 2. The maximum Gasteiger partial charge on any atom is 0.269 e. The highest BCUT2D eigenvalue weighted by molar-refractivity contribution is 6.28. The number of anilines is 1. The topological polar surface area (TPSA) is 153 Å². The Morgan fingerprint density at radius 2 is 2.12 bits per heavy atom. The van der Waals surface area contributed by atoms with Gasteiger partial charge in [-0.3, -0.25) is 19.7 Å². The lowest BCUT2D eigenvalue weighted by molar-refractivity contribution is -0.384. The lowest BCUT2D eigenvalue weighted by Crippen LogP contribution is -2.47. The summed E-state index contributed by atoms with van der Waals surface area (Å²) in [6.07, 6.45) is 2.40. The predicted octanol–water partition coefficient (Wildman–Crippen LogP) is 2.07. The number of benzene rings is 1. The maximum atomic E-state index is 14.2. The number of rotatable bonds is 8. The van der Waals surface area contributed by atoms with Crippen LogP contribution in [0.3, 0.4) is 0 Å². The third-order valence-electron chi connectivity index (χ3n) is 6.54. The van der Waals surface area contributed by atoms with Crippen LogP contribution in [0.4, 0.5) is 15.9 Å². The summed E-state index contributed by atoms with van der Waals surface area (Å²) in [7, 11) is 0. The molecule has 2 bridgehead atoms. The average Bonchev–Trinajstić information content (AvgIpc) is 3.33. The fourth-order valence-electron chi connectivity index (χ4n) is 5.21. The number of primary amides is 1. The van der Waals surface area contributed by atoms with Crippen molar-refractivity contribution in [3.8, 4) is 0 Å². The van der Waals surface area contributed by atoms with Gasteiger partial charge in [0, 0.05) is 24.7 Å². The molecule has 1 heterocycles. The first-order valence-corrected chi connectivity index (χ1v) is 10.8. The van der Waals surface area contributed by atoms with Crippen LogP contribution >= 0.6 is 11.6 Å². The van der Waals surface area contributed by atoms with Crippen molar-refractivity contribution in [1.82, 2.24) is 15.3 Å². The number of nitrogens with two attached hydrogens (primary N) is 1. The van der Waals surface area contributed by atoms with Gasteiger partial charge in [-0.15, -0.1) is 0 Å². The number of aromatic nitrogens is 2. The van der Waals surface area contributed by atoms with Gasteiger partial charge in [0.05, 0.1) is 23.5 Å². The minimum atomic E-state index is -0.688. The molecule has 0 saturated heterocycles. The van der Waals surface area contributed by atoms with E-state index in [2.05, 4.69) is 20.6 Å². The Hall–Kier alpha value is -3.34. The van der Waals surface area contributed by atoms with E-state index in [4.69, 9.17) is 17.3 Å². The molecule has 12 heteroatoms. The first-order chi connectivity index (χ1) is 15.7. The fraction of sp³-hybridized carbons (Fsp3) is 0.429. The minimum absolute atomic E-state index is 0.0126. The van der Waals surface area contributed by atoms with Crippen molar-refractivity contribution in [3.05, 3.63) is 57.2 Å². The molecule has 2 aromatic rings. The maximum absolute atomic E-state index is 14.2. The van der Waals surface area contributed by atoms with Crippen molar-refractivity contribution in [2.75, 3.05) is 11.9 Å². The van der Waals surface area contributed by atoms with Gasteiger partial charge in [-0.05, 0) is 47.8 Å². The van der Waals surface area contributed by atoms with E-state index in [0.717, 1.165) is 12.6 Å². The molecule has 5 atom stereocenters. The SMILES string of the molecule is NC(=O)[C@H]1[C@@H]2CC(CNC(=O)Cc3cccc([N+](=O)[O-])c3)[C@@H](C2)[C@H]1Nc1nc(Cl)ncc1F. The van der Waals surface area contributed by atoms with Crippen molar-refractivity contribution in [2.24, 2.45) is 29.4 Å². The number of fused-ring (bicyclic) bond motifs is 2. The van der Waals surface area contributed by atoms with Crippen LogP contribution in [0.25, 0.3) is 0 Å². The molecule has 0 radical (unpaired) electrons. The van der Waals surface area contributed by atoms with Crippen molar-refractivity contribution < 1.29 is 18.9 Å². The Bertz CT molecular complexity index is 1100. The Morgan fingerprint density at radius 3 is 2.85 bits per heavy atom. The minimum Gasteiger partial charge on any atom is -0.369 e. The van der Waals surface area contributed by atoms with Gasteiger partial charge in [0.1, 0.15) is 0 Å². The first-order valence-electron chi connectivity index (χ1n) is 10.5. The van der Waals surface area contributed by atoms with Crippen molar-refractivity contribution >= 4 is 34.9 Å². The highest BCUT2D eigenvalue weighted by Crippen LogP contribution is 2.52. The predicted molar refractivity (Wildman–Crippen MR) is 117 cm³/mol. The number of nitrogens with one attached hydrogen (secondary N) is 2. The van der Waals surface area contributed by atoms with Gasteiger partial charge in [-0.1, -0.05) is 12.1 Å². The first kappa shape index (κ1) is 22.8. The van der Waals surface area contributed by atoms with Crippen LogP contribution in [0.2, 0.25) is 5.28 Å². The molecular formula is C21H22ClFN6O4. The van der Waals surface area contributed by atoms with Crippen LogP contribution in [0.15, 0.2) is 30.5 Å². The Kier molecular flexibility index (Phi) is 6.41. The quantitative estimate of drug-likeness (QED) is 0.299. The second-order valence-electron chi connectivity index (χ2n) is 8.50. The van der Waals surface area contributed by atoms with Gasteiger partial charge >= 0.3 is 0 Å². The van der Waals surface area contributed by atoms with Crippen LogP contribution in [0.1, 0.15) is 18.4 Å². The normalized spacial score (nSPS) is 25.6. The van der Waals surface area contributed by atoms with Crippen molar-refractivity contribution in [1.29, 1.82) is 0 Å². The summed E-state index contributed by atoms with van der Waals surface area (Å²) in [5.74, 6) is -1.95. The van der Waals surface area contributed by atoms with Crippen LogP contribution < -0.4 is 16.4 Å². The number of nitro groups is 1. The van der Waals surface area contributed by atoms with Gasteiger partial charge < -0.3 is 16.4 Å². The second-order valence-corrected chi connectivity index (χ2v) is 8.84. The number of hydrogen-bond acceptors (Lipinski definition) is 7. The Balaban J connectivity index is 1.41.